The number of aryl methyl sites for hydroxylation is 3. The summed E-state index contributed by atoms with van der Waals surface area (Å²) in [5, 5.41) is 8.71. The maximum atomic E-state index is 12.9. The zero-order valence-electron chi connectivity index (χ0n) is 18.4. The van der Waals surface area contributed by atoms with Gasteiger partial charge in [-0.25, -0.2) is 4.98 Å². The molecule has 1 fully saturated rings. The van der Waals surface area contributed by atoms with Crippen LogP contribution in [0.25, 0.3) is 5.82 Å². The zero-order valence-corrected chi connectivity index (χ0v) is 18.4. The van der Waals surface area contributed by atoms with Gasteiger partial charge in [0.1, 0.15) is 11.6 Å². The topological polar surface area (TPSA) is 76.4 Å². The van der Waals surface area contributed by atoms with Gasteiger partial charge in [-0.3, -0.25) is 9.36 Å². The third kappa shape index (κ3) is 4.52. The van der Waals surface area contributed by atoms with E-state index < -0.39 is 6.10 Å². The van der Waals surface area contributed by atoms with E-state index in [0.29, 0.717) is 26.2 Å². The molecule has 1 atom stereocenters. The molecule has 1 saturated heterocycles. The largest absolute Gasteiger partial charge is 0.481 e. The van der Waals surface area contributed by atoms with Crippen LogP contribution in [-0.4, -0.2) is 62.8 Å². The summed E-state index contributed by atoms with van der Waals surface area (Å²) in [5.41, 5.74) is 2.36. The van der Waals surface area contributed by atoms with Crippen molar-refractivity contribution in [2.45, 2.75) is 33.8 Å². The van der Waals surface area contributed by atoms with Crippen molar-refractivity contribution in [3.63, 3.8) is 0 Å². The van der Waals surface area contributed by atoms with Gasteiger partial charge in [0.2, 0.25) is 0 Å². The highest BCUT2D eigenvalue weighted by atomic mass is 16.5. The number of rotatable bonds is 5. The van der Waals surface area contributed by atoms with Gasteiger partial charge in [0, 0.05) is 38.6 Å². The third-order valence-electron chi connectivity index (χ3n) is 5.76. The van der Waals surface area contributed by atoms with Gasteiger partial charge in [0.15, 0.2) is 17.7 Å². The molecule has 1 aliphatic rings. The second kappa shape index (κ2) is 8.75. The fraction of sp³-hybridized carbons (Fsp3) is 0.391. The average molecular weight is 421 g/mol. The van der Waals surface area contributed by atoms with Gasteiger partial charge in [-0.2, -0.15) is 0 Å². The highest BCUT2D eigenvalue weighted by Crippen LogP contribution is 2.19. The van der Waals surface area contributed by atoms with Crippen LogP contribution in [0.4, 0.5) is 5.82 Å². The number of hydrogen-bond donors (Lipinski definition) is 0. The molecule has 8 heteroatoms. The summed E-state index contributed by atoms with van der Waals surface area (Å²) < 4.78 is 7.79. The smallest absolute Gasteiger partial charge is 0.263 e. The SMILES string of the molecule is Cc1ccc(OC(C)C(=O)N2CCN(c3ccc(-n4ccnc4C)nn3)CC2)cc1C. The standard InChI is InChI=1S/C23H28N6O2/c1-16-5-6-20(15-17(16)2)31-18(3)23(30)28-13-11-27(12-14-28)21-7-8-22(26-25-21)29-10-9-24-19(29)4/h5-10,15,18H,11-14H2,1-4H3. The number of aromatic nitrogens is 4. The van der Waals surface area contributed by atoms with Crippen molar-refractivity contribution in [3.8, 4) is 11.6 Å². The first kappa shape index (κ1) is 20.8. The molecule has 2 aromatic heterocycles. The summed E-state index contributed by atoms with van der Waals surface area (Å²) in [6.45, 7) is 10.5. The first-order valence-electron chi connectivity index (χ1n) is 10.5. The van der Waals surface area contributed by atoms with E-state index in [1.807, 2.05) is 66.8 Å². The van der Waals surface area contributed by atoms with Crippen LogP contribution in [0.5, 0.6) is 5.75 Å². The maximum absolute atomic E-state index is 12.9. The van der Waals surface area contributed by atoms with Crippen LogP contribution in [-0.2, 0) is 4.79 Å². The molecule has 4 rings (SSSR count). The van der Waals surface area contributed by atoms with Crippen LogP contribution in [0.2, 0.25) is 0 Å². The molecule has 1 amide bonds. The number of carbonyl (C=O) groups excluding carboxylic acids is 1. The van der Waals surface area contributed by atoms with Crippen molar-refractivity contribution in [2.24, 2.45) is 0 Å². The van der Waals surface area contributed by atoms with Crippen molar-refractivity contribution in [2.75, 3.05) is 31.1 Å². The molecule has 0 N–H and O–H groups in total. The number of benzene rings is 1. The molecule has 0 saturated carbocycles. The highest BCUT2D eigenvalue weighted by Gasteiger charge is 2.26. The Morgan fingerprint density at radius 2 is 1.68 bits per heavy atom. The Morgan fingerprint density at radius 3 is 2.29 bits per heavy atom. The number of imidazole rings is 1. The minimum atomic E-state index is -0.522. The maximum Gasteiger partial charge on any atom is 0.263 e. The van der Waals surface area contributed by atoms with E-state index in [1.165, 1.54) is 5.56 Å². The first-order valence-corrected chi connectivity index (χ1v) is 10.5. The molecule has 31 heavy (non-hydrogen) atoms. The Labute approximate surface area is 182 Å². The van der Waals surface area contributed by atoms with Crippen molar-refractivity contribution in [1.82, 2.24) is 24.6 Å². The monoisotopic (exact) mass is 420 g/mol. The van der Waals surface area contributed by atoms with Gasteiger partial charge in [-0.1, -0.05) is 6.07 Å². The second-order valence-electron chi connectivity index (χ2n) is 7.91. The molecule has 0 bridgehead atoms. The number of ether oxygens (including phenoxy) is 1. The number of hydrogen-bond acceptors (Lipinski definition) is 6. The molecular weight excluding hydrogens is 392 g/mol. The molecule has 1 aromatic carbocycles. The highest BCUT2D eigenvalue weighted by molar-refractivity contribution is 5.81. The van der Waals surface area contributed by atoms with Gasteiger partial charge in [0.25, 0.3) is 5.91 Å². The minimum Gasteiger partial charge on any atom is -0.481 e. The van der Waals surface area contributed by atoms with Crippen LogP contribution in [0.1, 0.15) is 23.9 Å². The Balaban J connectivity index is 1.33. The summed E-state index contributed by atoms with van der Waals surface area (Å²) in [4.78, 5) is 21.1. The van der Waals surface area contributed by atoms with Crippen molar-refractivity contribution in [3.05, 3.63) is 59.7 Å². The molecule has 3 aromatic rings. The van der Waals surface area contributed by atoms with Crippen LogP contribution < -0.4 is 9.64 Å². The molecule has 0 aliphatic carbocycles. The molecule has 1 unspecified atom stereocenters. The van der Waals surface area contributed by atoms with Gasteiger partial charge in [0.05, 0.1) is 0 Å². The quantitative estimate of drug-likeness (QED) is 0.632. The summed E-state index contributed by atoms with van der Waals surface area (Å²) in [6.07, 6.45) is 3.09. The summed E-state index contributed by atoms with van der Waals surface area (Å²) in [6, 6.07) is 9.81. The van der Waals surface area contributed by atoms with Gasteiger partial charge < -0.3 is 14.5 Å². The lowest BCUT2D eigenvalue weighted by atomic mass is 10.1. The molecular formula is C23H28N6O2. The van der Waals surface area contributed by atoms with Crippen molar-refractivity contribution in [1.29, 1.82) is 0 Å². The minimum absolute atomic E-state index is 0.00916. The Hall–Kier alpha value is -3.42. The number of amides is 1. The Kier molecular flexibility index (Phi) is 5.88. The second-order valence-corrected chi connectivity index (χ2v) is 7.91. The van der Waals surface area contributed by atoms with E-state index >= 15 is 0 Å². The number of carbonyl (C=O) groups is 1. The van der Waals surface area contributed by atoms with Gasteiger partial charge in [-0.15, -0.1) is 10.2 Å². The van der Waals surface area contributed by atoms with Crippen LogP contribution in [0, 0.1) is 20.8 Å². The first-order chi connectivity index (χ1) is 14.9. The molecule has 3 heterocycles. The molecule has 0 radical (unpaired) electrons. The van der Waals surface area contributed by atoms with Crippen LogP contribution >= 0.6 is 0 Å². The van der Waals surface area contributed by atoms with Crippen LogP contribution in [0.15, 0.2) is 42.7 Å². The fourth-order valence-corrected chi connectivity index (χ4v) is 3.69. The summed E-state index contributed by atoms with van der Waals surface area (Å²) in [5.74, 6) is 3.16. The lowest BCUT2D eigenvalue weighted by Gasteiger charge is -2.36. The normalized spacial score (nSPS) is 15.1. The Morgan fingerprint density at radius 1 is 0.968 bits per heavy atom. The molecule has 8 nitrogen and oxygen atoms in total. The molecule has 1 aliphatic heterocycles. The summed E-state index contributed by atoms with van der Waals surface area (Å²) >= 11 is 0. The van der Waals surface area contributed by atoms with Crippen molar-refractivity contribution >= 4 is 11.7 Å². The number of anilines is 1. The predicted molar refractivity (Wildman–Crippen MR) is 119 cm³/mol. The predicted octanol–water partition coefficient (Wildman–Crippen LogP) is 2.70. The average Bonchev–Trinajstić information content (AvgIpc) is 3.22. The van der Waals surface area contributed by atoms with E-state index in [-0.39, 0.29) is 5.91 Å². The number of nitrogens with zero attached hydrogens (tertiary/aromatic N) is 6. The van der Waals surface area contributed by atoms with Crippen molar-refractivity contribution < 1.29 is 9.53 Å². The lowest BCUT2D eigenvalue weighted by molar-refractivity contribution is -0.138. The van der Waals surface area contributed by atoms with E-state index in [2.05, 4.69) is 27.0 Å². The van der Waals surface area contributed by atoms with E-state index in [0.717, 1.165) is 28.8 Å². The van der Waals surface area contributed by atoms with Gasteiger partial charge >= 0.3 is 0 Å². The summed E-state index contributed by atoms with van der Waals surface area (Å²) in [7, 11) is 0. The fourth-order valence-electron chi connectivity index (χ4n) is 3.69. The molecule has 0 spiro atoms. The number of piperazine rings is 1. The zero-order chi connectivity index (χ0) is 22.0. The molecule has 162 valence electrons. The van der Waals surface area contributed by atoms with Crippen LogP contribution in [0.3, 0.4) is 0 Å². The van der Waals surface area contributed by atoms with E-state index in [1.54, 1.807) is 6.20 Å². The van der Waals surface area contributed by atoms with E-state index in [9.17, 15) is 4.79 Å². The van der Waals surface area contributed by atoms with Gasteiger partial charge in [-0.05, 0) is 63.1 Å². The van der Waals surface area contributed by atoms with E-state index in [4.69, 9.17) is 4.74 Å². The lowest BCUT2D eigenvalue weighted by Crippen LogP contribution is -2.52. The Bertz CT molecular complexity index is 1050. The third-order valence-corrected chi connectivity index (χ3v) is 5.76.